The Bertz CT molecular complexity index is 624. The average Bonchev–Trinajstić information content (AvgIpc) is 2.94. The van der Waals surface area contributed by atoms with Gasteiger partial charge in [-0.05, 0) is 12.8 Å². The highest BCUT2D eigenvalue weighted by Crippen LogP contribution is 2.41. The van der Waals surface area contributed by atoms with Crippen LogP contribution in [0.3, 0.4) is 0 Å². The molecule has 7 nitrogen and oxygen atoms in total. The van der Waals surface area contributed by atoms with Crippen LogP contribution < -0.4 is 11.0 Å². The van der Waals surface area contributed by atoms with E-state index in [-0.39, 0.29) is 18.1 Å². The molecule has 1 amide bonds. The van der Waals surface area contributed by atoms with Gasteiger partial charge in [-0.25, -0.2) is 14.9 Å². The van der Waals surface area contributed by atoms with Crippen molar-refractivity contribution in [3.8, 4) is 0 Å². The second-order valence-electron chi connectivity index (χ2n) is 4.15. The lowest BCUT2D eigenvalue weighted by molar-refractivity contribution is 0.0945. The van der Waals surface area contributed by atoms with Crippen LogP contribution in [-0.4, -0.2) is 26.1 Å². The molecule has 8 heteroatoms. The van der Waals surface area contributed by atoms with Crippen molar-refractivity contribution in [3.63, 3.8) is 0 Å². The van der Waals surface area contributed by atoms with Crippen molar-refractivity contribution >= 4 is 17.2 Å². The number of thiazole rings is 1. The van der Waals surface area contributed by atoms with Crippen LogP contribution in [0.5, 0.6) is 0 Å². The van der Waals surface area contributed by atoms with Gasteiger partial charge in [0.05, 0.1) is 11.6 Å². The first-order chi connectivity index (χ1) is 8.72. The molecule has 1 aliphatic rings. The number of aromatic amines is 2. The zero-order valence-corrected chi connectivity index (χ0v) is 10.2. The van der Waals surface area contributed by atoms with Crippen LogP contribution in [0.4, 0.5) is 0 Å². The van der Waals surface area contributed by atoms with Crippen LogP contribution in [0, 0.1) is 0 Å². The minimum absolute atomic E-state index is 0.174. The Morgan fingerprint density at radius 3 is 3.06 bits per heavy atom. The third-order valence-electron chi connectivity index (χ3n) is 2.65. The molecular formula is C10H11N5O2S. The normalized spacial score (nSPS) is 14.7. The average molecular weight is 265 g/mol. The third kappa shape index (κ3) is 2.33. The van der Waals surface area contributed by atoms with E-state index >= 15 is 0 Å². The number of hydrogen-bond acceptors (Lipinski definition) is 5. The fraction of sp³-hybridized carbons (Fsp3) is 0.400. The summed E-state index contributed by atoms with van der Waals surface area (Å²) >= 11 is 1.52. The van der Waals surface area contributed by atoms with Crippen molar-refractivity contribution in [3.05, 3.63) is 32.4 Å². The fourth-order valence-electron chi connectivity index (χ4n) is 1.55. The molecule has 3 N–H and O–H groups in total. The van der Waals surface area contributed by atoms with Gasteiger partial charge in [-0.3, -0.25) is 9.78 Å². The van der Waals surface area contributed by atoms with E-state index < -0.39 is 0 Å². The zero-order valence-electron chi connectivity index (χ0n) is 9.40. The third-order valence-corrected chi connectivity index (χ3v) is 3.66. The Balaban J connectivity index is 1.61. The molecule has 1 fully saturated rings. The quantitative estimate of drug-likeness (QED) is 0.742. The number of rotatable bonds is 4. The Hall–Kier alpha value is -1.96. The minimum Gasteiger partial charge on any atom is -0.343 e. The van der Waals surface area contributed by atoms with Gasteiger partial charge >= 0.3 is 5.69 Å². The molecular weight excluding hydrogens is 254 g/mol. The lowest BCUT2D eigenvalue weighted by Gasteiger charge is -1.98. The van der Waals surface area contributed by atoms with Crippen molar-refractivity contribution in [2.45, 2.75) is 25.3 Å². The molecule has 1 saturated carbocycles. The van der Waals surface area contributed by atoms with Gasteiger partial charge in [0.1, 0.15) is 11.5 Å². The number of hydrogen-bond donors (Lipinski definition) is 3. The molecule has 0 atom stereocenters. The summed E-state index contributed by atoms with van der Waals surface area (Å²) < 4.78 is 0. The van der Waals surface area contributed by atoms with Gasteiger partial charge in [0, 0.05) is 11.3 Å². The summed E-state index contributed by atoms with van der Waals surface area (Å²) in [6, 6.07) is 0. The fourth-order valence-corrected chi connectivity index (χ4v) is 2.52. The summed E-state index contributed by atoms with van der Waals surface area (Å²) in [5, 5.41) is 11.4. The van der Waals surface area contributed by atoms with Crippen LogP contribution in [-0.2, 0) is 6.54 Å². The molecule has 0 unspecified atom stereocenters. The maximum absolute atomic E-state index is 11.8. The predicted octanol–water partition coefficient (Wildman–Crippen LogP) is 0.362. The summed E-state index contributed by atoms with van der Waals surface area (Å²) in [7, 11) is 0. The first kappa shape index (κ1) is 11.1. The number of carbonyl (C=O) groups excluding carboxylic acids is 1. The summed E-state index contributed by atoms with van der Waals surface area (Å²) in [6.45, 7) is 0.174. The van der Waals surface area contributed by atoms with E-state index in [4.69, 9.17) is 0 Å². The van der Waals surface area contributed by atoms with Gasteiger partial charge in [0.2, 0.25) is 0 Å². The molecule has 0 aliphatic heterocycles. The summed E-state index contributed by atoms with van der Waals surface area (Å²) in [5.41, 5.74) is 0.0451. The number of nitrogens with zero attached hydrogens (tertiary/aromatic N) is 2. The smallest absolute Gasteiger partial charge is 0.340 e. The van der Waals surface area contributed by atoms with Gasteiger partial charge in [0.25, 0.3) is 5.91 Å². The van der Waals surface area contributed by atoms with Crippen molar-refractivity contribution in [1.82, 2.24) is 25.5 Å². The van der Waals surface area contributed by atoms with Crippen LogP contribution in [0.15, 0.2) is 10.2 Å². The van der Waals surface area contributed by atoms with E-state index in [9.17, 15) is 9.59 Å². The van der Waals surface area contributed by atoms with E-state index in [2.05, 4.69) is 25.5 Å². The highest BCUT2D eigenvalue weighted by atomic mass is 32.1. The summed E-state index contributed by atoms with van der Waals surface area (Å²) in [5.74, 6) is 0.701. The van der Waals surface area contributed by atoms with E-state index in [1.807, 2.05) is 0 Å². The van der Waals surface area contributed by atoms with Crippen LogP contribution in [0.25, 0.3) is 0 Å². The highest BCUT2D eigenvalue weighted by molar-refractivity contribution is 7.10. The first-order valence-corrected chi connectivity index (χ1v) is 6.47. The van der Waals surface area contributed by atoms with Gasteiger partial charge in [-0.15, -0.1) is 11.3 Å². The molecule has 18 heavy (non-hydrogen) atoms. The van der Waals surface area contributed by atoms with Crippen LogP contribution in [0.2, 0.25) is 0 Å². The molecule has 0 bridgehead atoms. The summed E-state index contributed by atoms with van der Waals surface area (Å²) in [6.07, 6.45) is 2.34. The molecule has 0 radical (unpaired) electrons. The van der Waals surface area contributed by atoms with E-state index in [0.717, 1.165) is 5.01 Å². The highest BCUT2D eigenvalue weighted by Gasteiger charge is 2.27. The molecule has 2 aromatic rings. The topological polar surface area (TPSA) is 104 Å². The molecule has 3 rings (SSSR count). The molecule has 0 aromatic carbocycles. The van der Waals surface area contributed by atoms with Gasteiger partial charge in [0.15, 0.2) is 0 Å². The summed E-state index contributed by atoms with van der Waals surface area (Å²) in [4.78, 5) is 29.3. The lowest BCUT2D eigenvalue weighted by Crippen LogP contribution is -2.24. The molecule has 1 aliphatic carbocycles. The number of amides is 1. The number of carbonyl (C=O) groups is 1. The van der Waals surface area contributed by atoms with E-state index in [0.29, 0.717) is 17.4 Å². The van der Waals surface area contributed by atoms with Gasteiger partial charge in [-0.2, -0.15) is 5.10 Å². The Labute approximate surface area is 106 Å². The SMILES string of the molecule is O=C(NCc1n[nH]c(=O)[nH]1)c1csc(C2CC2)n1. The lowest BCUT2D eigenvalue weighted by atomic mass is 10.4. The maximum atomic E-state index is 11.8. The Kier molecular flexibility index (Phi) is 2.71. The number of H-pyrrole nitrogens is 2. The van der Waals surface area contributed by atoms with E-state index in [1.54, 1.807) is 5.38 Å². The standard InChI is InChI=1S/C10H11N5O2S/c16-8(11-3-7-13-10(17)15-14-7)6-4-18-9(12-6)5-1-2-5/h4-5H,1-3H2,(H,11,16)(H2,13,14,15,17). The Morgan fingerprint density at radius 2 is 2.39 bits per heavy atom. The minimum atomic E-state index is -0.385. The van der Waals surface area contributed by atoms with Crippen LogP contribution in [0.1, 0.15) is 40.1 Å². The van der Waals surface area contributed by atoms with Crippen molar-refractivity contribution < 1.29 is 4.79 Å². The monoisotopic (exact) mass is 265 g/mol. The number of nitrogens with one attached hydrogen (secondary N) is 3. The van der Waals surface area contributed by atoms with Crippen molar-refractivity contribution in [2.75, 3.05) is 0 Å². The number of aromatic nitrogens is 4. The Morgan fingerprint density at radius 1 is 1.56 bits per heavy atom. The van der Waals surface area contributed by atoms with Crippen molar-refractivity contribution in [2.24, 2.45) is 0 Å². The van der Waals surface area contributed by atoms with Gasteiger partial charge < -0.3 is 5.32 Å². The molecule has 2 heterocycles. The molecule has 2 aromatic heterocycles. The largest absolute Gasteiger partial charge is 0.343 e. The second kappa shape index (κ2) is 4.37. The second-order valence-corrected chi connectivity index (χ2v) is 5.04. The van der Waals surface area contributed by atoms with Crippen molar-refractivity contribution in [1.29, 1.82) is 0 Å². The molecule has 94 valence electrons. The van der Waals surface area contributed by atoms with Crippen LogP contribution >= 0.6 is 11.3 Å². The van der Waals surface area contributed by atoms with Gasteiger partial charge in [-0.1, -0.05) is 0 Å². The predicted molar refractivity (Wildman–Crippen MR) is 64.5 cm³/mol. The maximum Gasteiger partial charge on any atom is 0.340 e. The molecule has 0 spiro atoms. The molecule has 0 saturated heterocycles. The van der Waals surface area contributed by atoms with E-state index in [1.165, 1.54) is 24.2 Å². The zero-order chi connectivity index (χ0) is 12.5. The first-order valence-electron chi connectivity index (χ1n) is 5.59.